The first-order valence-corrected chi connectivity index (χ1v) is 13.1. The van der Waals surface area contributed by atoms with Gasteiger partial charge >= 0.3 is 5.97 Å². The molecule has 1 saturated carbocycles. The number of pyridine rings is 1. The average molecular weight is 494 g/mol. The van der Waals surface area contributed by atoms with Crippen molar-refractivity contribution in [2.24, 2.45) is 4.40 Å². The van der Waals surface area contributed by atoms with Gasteiger partial charge in [-0.15, -0.1) is 4.40 Å². The van der Waals surface area contributed by atoms with Crippen LogP contribution in [-0.4, -0.2) is 41.6 Å². The fraction of sp³-hybridized carbons (Fsp3) is 0.217. The SMILES string of the molecule is O=C(OCC1=NS(=O)(=O)c2ccccc2N1)c1cc(C2CC2)nc2c1cnn2Cc1ccsc1. The highest BCUT2D eigenvalue weighted by Crippen LogP contribution is 2.40. The summed E-state index contributed by atoms with van der Waals surface area (Å²) in [5.74, 6) is -0.204. The first kappa shape index (κ1) is 21.0. The summed E-state index contributed by atoms with van der Waals surface area (Å²) < 4.78 is 35.9. The van der Waals surface area contributed by atoms with Gasteiger partial charge in [0.25, 0.3) is 10.0 Å². The predicted molar refractivity (Wildman–Crippen MR) is 128 cm³/mol. The Morgan fingerprint density at radius 1 is 1.24 bits per heavy atom. The number of amidine groups is 1. The van der Waals surface area contributed by atoms with Gasteiger partial charge in [-0.1, -0.05) is 12.1 Å². The Bertz CT molecular complexity index is 1550. The van der Waals surface area contributed by atoms with Gasteiger partial charge < -0.3 is 10.1 Å². The molecule has 2 aliphatic rings. The number of rotatable bonds is 6. The molecule has 6 rings (SSSR count). The lowest BCUT2D eigenvalue weighted by Crippen LogP contribution is -2.27. The van der Waals surface area contributed by atoms with E-state index in [1.165, 1.54) is 6.07 Å². The number of carbonyl (C=O) groups excluding carboxylic acids is 1. The van der Waals surface area contributed by atoms with Gasteiger partial charge in [0.2, 0.25) is 0 Å². The summed E-state index contributed by atoms with van der Waals surface area (Å²) in [5.41, 5.74) is 3.35. The molecular weight excluding hydrogens is 474 g/mol. The number of anilines is 1. The lowest BCUT2D eigenvalue weighted by molar-refractivity contribution is 0.0565. The fourth-order valence-corrected chi connectivity index (χ4v) is 5.73. The van der Waals surface area contributed by atoms with Gasteiger partial charge in [-0.3, -0.25) is 0 Å². The molecule has 0 amide bonds. The molecule has 1 aliphatic heterocycles. The molecule has 9 nitrogen and oxygen atoms in total. The molecule has 1 aliphatic carbocycles. The number of thiophene rings is 1. The summed E-state index contributed by atoms with van der Waals surface area (Å²) in [6.45, 7) is 0.249. The topological polar surface area (TPSA) is 116 Å². The third-order valence-electron chi connectivity index (χ3n) is 5.77. The lowest BCUT2D eigenvalue weighted by atomic mass is 10.1. The molecule has 0 radical (unpaired) electrons. The maximum absolute atomic E-state index is 13.1. The molecule has 0 atom stereocenters. The number of hydrogen-bond donors (Lipinski definition) is 1. The molecule has 172 valence electrons. The highest BCUT2D eigenvalue weighted by atomic mass is 32.2. The molecule has 4 heterocycles. The van der Waals surface area contributed by atoms with E-state index in [0.29, 0.717) is 34.7 Å². The Kier molecular flexibility index (Phi) is 4.96. The maximum atomic E-state index is 13.1. The van der Waals surface area contributed by atoms with Crippen molar-refractivity contribution in [3.05, 3.63) is 70.2 Å². The van der Waals surface area contributed by atoms with E-state index in [1.807, 2.05) is 11.4 Å². The van der Waals surface area contributed by atoms with Crippen LogP contribution in [0.5, 0.6) is 0 Å². The van der Waals surface area contributed by atoms with E-state index in [0.717, 1.165) is 24.1 Å². The van der Waals surface area contributed by atoms with E-state index < -0.39 is 16.0 Å². The van der Waals surface area contributed by atoms with Gasteiger partial charge in [0.05, 0.1) is 29.4 Å². The zero-order valence-corrected chi connectivity index (χ0v) is 19.5. The monoisotopic (exact) mass is 493 g/mol. The van der Waals surface area contributed by atoms with E-state index in [9.17, 15) is 13.2 Å². The van der Waals surface area contributed by atoms with Crippen LogP contribution in [0.4, 0.5) is 5.69 Å². The summed E-state index contributed by atoms with van der Waals surface area (Å²) in [5, 5.41) is 12.1. The summed E-state index contributed by atoms with van der Waals surface area (Å²) in [6.07, 6.45) is 3.69. The van der Waals surface area contributed by atoms with Gasteiger partial charge in [0.1, 0.15) is 4.90 Å². The fourth-order valence-electron chi connectivity index (χ4n) is 3.94. The first-order valence-electron chi connectivity index (χ1n) is 10.7. The zero-order chi connectivity index (χ0) is 23.3. The molecule has 0 saturated heterocycles. The Morgan fingerprint density at radius 3 is 2.88 bits per heavy atom. The quantitative estimate of drug-likeness (QED) is 0.406. The van der Waals surface area contributed by atoms with Gasteiger partial charge in [-0.25, -0.2) is 14.5 Å². The molecule has 1 aromatic carbocycles. The smallest absolute Gasteiger partial charge is 0.339 e. The molecule has 11 heteroatoms. The number of carbonyl (C=O) groups is 1. The largest absolute Gasteiger partial charge is 0.454 e. The second-order valence-corrected chi connectivity index (χ2v) is 10.6. The van der Waals surface area contributed by atoms with Crippen LogP contribution in [0.2, 0.25) is 0 Å². The van der Waals surface area contributed by atoms with Crippen LogP contribution in [0.25, 0.3) is 11.0 Å². The Hall–Kier alpha value is -3.57. The van der Waals surface area contributed by atoms with E-state index in [1.54, 1.807) is 46.5 Å². The van der Waals surface area contributed by atoms with Crippen molar-refractivity contribution in [2.45, 2.75) is 30.2 Å². The van der Waals surface area contributed by atoms with Gasteiger partial charge in [-0.2, -0.15) is 24.9 Å². The van der Waals surface area contributed by atoms with Crippen molar-refractivity contribution < 1.29 is 17.9 Å². The second-order valence-electron chi connectivity index (χ2n) is 8.25. The number of benzene rings is 1. The number of nitrogens with zero attached hydrogens (tertiary/aromatic N) is 4. The van der Waals surface area contributed by atoms with Crippen molar-refractivity contribution in [3.63, 3.8) is 0 Å². The van der Waals surface area contributed by atoms with Gasteiger partial charge in [0, 0.05) is 11.6 Å². The van der Waals surface area contributed by atoms with Gasteiger partial charge in [0.15, 0.2) is 18.1 Å². The highest BCUT2D eigenvalue weighted by Gasteiger charge is 2.29. The van der Waals surface area contributed by atoms with Crippen LogP contribution in [-0.2, 0) is 21.3 Å². The van der Waals surface area contributed by atoms with E-state index >= 15 is 0 Å². The molecule has 3 aromatic heterocycles. The van der Waals surface area contributed by atoms with Crippen LogP contribution in [0, 0.1) is 0 Å². The second kappa shape index (κ2) is 8.03. The minimum atomic E-state index is -3.86. The van der Waals surface area contributed by atoms with Crippen molar-refractivity contribution in [2.75, 3.05) is 11.9 Å². The van der Waals surface area contributed by atoms with Crippen LogP contribution >= 0.6 is 11.3 Å². The van der Waals surface area contributed by atoms with Crippen molar-refractivity contribution in [1.82, 2.24) is 14.8 Å². The Morgan fingerprint density at radius 2 is 2.09 bits per heavy atom. The van der Waals surface area contributed by atoms with Crippen molar-refractivity contribution >= 4 is 49.9 Å². The minimum absolute atomic E-state index is 0.0490. The number of para-hydroxylation sites is 1. The van der Waals surface area contributed by atoms with E-state index in [4.69, 9.17) is 9.72 Å². The molecule has 0 spiro atoms. The third-order valence-corrected chi connectivity index (χ3v) is 7.88. The van der Waals surface area contributed by atoms with Crippen LogP contribution < -0.4 is 5.32 Å². The first-order chi connectivity index (χ1) is 16.5. The summed E-state index contributed by atoms with van der Waals surface area (Å²) >= 11 is 1.61. The molecule has 0 bridgehead atoms. The summed E-state index contributed by atoms with van der Waals surface area (Å²) in [4.78, 5) is 18.0. The number of aromatic nitrogens is 3. The standard InChI is InChI=1S/C23H19N5O4S2/c29-23(32-12-21-25-18-3-1-2-4-20(18)34(30,31)27-21)16-9-19(15-5-6-15)26-22-17(16)10-24-28(22)11-14-7-8-33-13-14/h1-4,7-10,13,15H,5-6,11-12H2,(H,25,27). The number of nitrogens with one attached hydrogen (secondary N) is 1. The Labute approximate surface area is 199 Å². The summed E-state index contributed by atoms with van der Waals surface area (Å²) in [6, 6.07) is 10.3. The maximum Gasteiger partial charge on any atom is 0.339 e. The van der Waals surface area contributed by atoms with Crippen LogP contribution in [0.1, 0.15) is 40.4 Å². The number of hydrogen-bond acceptors (Lipinski definition) is 8. The molecule has 0 unspecified atom stereocenters. The van der Waals surface area contributed by atoms with E-state index in [2.05, 4.69) is 20.2 Å². The minimum Gasteiger partial charge on any atom is -0.454 e. The average Bonchev–Trinajstić information content (AvgIpc) is 3.41. The highest BCUT2D eigenvalue weighted by molar-refractivity contribution is 7.90. The molecule has 34 heavy (non-hydrogen) atoms. The molecule has 4 aromatic rings. The normalized spacial score (nSPS) is 16.5. The predicted octanol–water partition coefficient (Wildman–Crippen LogP) is 3.79. The van der Waals surface area contributed by atoms with E-state index in [-0.39, 0.29) is 17.3 Å². The number of ether oxygens (including phenoxy) is 1. The lowest BCUT2D eigenvalue weighted by Gasteiger charge is -2.18. The number of esters is 1. The molecule has 1 N–H and O–H groups in total. The number of sulfonamides is 1. The number of fused-ring (bicyclic) bond motifs is 2. The van der Waals surface area contributed by atoms with Crippen LogP contribution in [0.15, 0.2) is 62.6 Å². The van der Waals surface area contributed by atoms with Crippen molar-refractivity contribution in [3.8, 4) is 0 Å². The molecular formula is C23H19N5O4S2. The van der Waals surface area contributed by atoms with Crippen LogP contribution in [0.3, 0.4) is 0 Å². The third kappa shape index (κ3) is 3.86. The van der Waals surface area contributed by atoms with Gasteiger partial charge in [-0.05, 0) is 53.4 Å². The Balaban J connectivity index is 1.28. The summed E-state index contributed by atoms with van der Waals surface area (Å²) in [7, 11) is -3.86. The van der Waals surface area contributed by atoms with Crippen molar-refractivity contribution in [1.29, 1.82) is 0 Å². The molecule has 1 fully saturated rings. The zero-order valence-electron chi connectivity index (χ0n) is 17.8.